The minimum atomic E-state index is -0.726. The molecule has 3 rings (SSSR count). The summed E-state index contributed by atoms with van der Waals surface area (Å²) >= 11 is 0. The number of hydrogen-bond donors (Lipinski definition) is 1. The molecule has 0 aliphatic heterocycles. The Morgan fingerprint density at radius 3 is 2.60 bits per heavy atom. The largest absolute Gasteiger partial charge is 0.388 e. The summed E-state index contributed by atoms with van der Waals surface area (Å²) in [6, 6.07) is 1.67. The molecule has 0 atom stereocenters. The number of aromatic nitrogens is 2. The van der Waals surface area contributed by atoms with Crippen LogP contribution in [0.5, 0.6) is 0 Å². The lowest BCUT2D eigenvalue weighted by Crippen LogP contribution is -2.41. The average Bonchev–Trinajstić information content (AvgIpc) is 2.35. The zero-order valence-corrected chi connectivity index (χ0v) is 12.2. The van der Waals surface area contributed by atoms with Crippen LogP contribution in [-0.2, 0) is 6.54 Å². The van der Waals surface area contributed by atoms with E-state index in [2.05, 4.69) is 11.9 Å². The van der Waals surface area contributed by atoms with Crippen LogP contribution in [0.1, 0.15) is 63.5 Å². The molecule has 2 aliphatic carbocycles. The second-order valence-electron chi connectivity index (χ2n) is 6.81. The highest BCUT2D eigenvalue weighted by atomic mass is 16.3. The van der Waals surface area contributed by atoms with Gasteiger partial charge in [-0.05, 0) is 44.4 Å². The van der Waals surface area contributed by atoms with Crippen LogP contribution in [0, 0.1) is 5.92 Å². The van der Waals surface area contributed by atoms with Crippen molar-refractivity contribution in [3.05, 3.63) is 28.4 Å². The Kier molecular flexibility index (Phi) is 3.67. The summed E-state index contributed by atoms with van der Waals surface area (Å²) < 4.78 is 1.58. The Labute approximate surface area is 119 Å². The zero-order chi connectivity index (χ0) is 14.2. The van der Waals surface area contributed by atoms with E-state index in [0.29, 0.717) is 18.4 Å². The van der Waals surface area contributed by atoms with Gasteiger partial charge in [-0.1, -0.05) is 13.3 Å². The van der Waals surface area contributed by atoms with E-state index < -0.39 is 5.60 Å². The van der Waals surface area contributed by atoms with Crippen LogP contribution in [0.2, 0.25) is 0 Å². The third kappa shape index (κ3) is 2.80. The minimum Gasteiger partial charge on any atom is -0.388 e. The Balaban J connectivity index is 1.72. The Bertz CT molecular complexity index is 526. The fraction of sp³-hybridized carbons (Fsp3) is 0.750. The molecular formula is C16H24N2O2. The standard InChI is InChI=1S/C16H24N2O2/c1-12-5-7-16(20,8-6-12)10-18-11-17-14(9-15(18)19)13-3-2-4-13/h9,11-13,20H,2-8,10H2,1H3. The van der Waals surface area contributed by atoms with Gasteiger partial charge in [0, 0.05) is 12.0 Å². The van der Waals surface area contributed by atoms with Gasteiger partial charge in [0.25, 0.3) is 5.56 Å². The lowest BCUT2D eigenvalue weighted by molar-refractivity contribution is -0.0227. The van der Waals surface area contributed by atoms with E-state index in [1.807, 2.05) is 0 Å². The van der Waals surface area contributed by atoms with Gasteiger partial charge in [0.2, 0.25) is 0 Å². The van der Waals surface area contributed by atoms with Gasteiger partial charge in [-0.3, -0.25) is 9.36 Å². The predicted octanol–water partition coefficient (Wildman–Crippen LogP) is 2.45. The molecule has 0 unspecified atom stereocenters. The number of rotatable bonds is 3. The molecule has 0 saturated heterocycles. The van der Waals surface area contributed by atoms with E-state index in [0.717, 1.165) is 44.2 Å². The summed E-state index contributed by atoms with van der Waals surface area (Å²) in [6.07, 6.45) is 8.82. The maximum Gasteiger partial charge on any atom is 0.253 e. The van der Waals surface area contributed by atoms with Gasteiger partial charge in [0.1, 0.15) is 0 Å². The van der Waals surface area contributed by atoms with Crippen LogP contribution >= 0.6 is 0 Å². The Morgan fingerprint density at radius 1 is 1.35 bits per heavy atom. The van der Waals surface area contributed by atoms with Gasteiger partial charge in [-0.15, -0.1) is 0 Å². The van der Waals surface area contributed by atoms with Crippen molar-refractivity contribution in [1.29, 1.82) is 0 Å². The summed E-state index contributed by atoms with van der Waals surface area (Å²) in [6.45, 7) is 2.61. The number of hydrogen-bond acceptors (Lipinski definition) is 3. The molecule has 20 heavy (non-hydrogen) atoms. The van der Waals surface area contributed by atoms with Crippen molar-refractivity contribution in [2.24, 2.45) is 5.92 Å². The quantitative estimate of drug-likeness (QED) is 0.922. The SMILES string of the molecule is CC1CCC(O)(Cn2cnc(C3CCC3)cc2=O)CC1. The first-order valence-electron chi connectivity index (χ1n) is 7.84. The molecule has 0 radical (unpaired) electrons. The molecule has 4 heteroatoms. The number of aliphatic hydroxyl groups is 1. The van der Waals surface area contributed by atoms with E-state index in [9.17, 15) is 9.90 Å². The van der Waals surface area contributed by atoms with Crippen molar-refractivity contribution in [3.63, 3.8) is 0 Å². The molecule has 2 fully saturated rings. The molecule has 2 saturated carbocycles. The second-order valence-corrected chi connectivity index (χ2v) is 6.81. The van der Waals surface area contributed by atoms with Crippen molar-refractivity contribution in [1.82, 2.24) is 9.55 Å². The first kappa shape index (κ1) is 13.8. The molecule has 1 aromatic heterocycles. The topological polar surface area (TPSA) is 55.1 Å². The molecule has 1 N–H and O–H groups in total. The zero-order valence-electron chi connectivity index (χ0n) is 12.2. The van der Waals surface area contributed by atoms with E-state index in [4.69, 9.17) is 0 Å². The van der Waals surface area contributed by atoms with E-state index >= 15 is 0 Å². The van der Waals surface area contributed by atoms with Crippen LogP contribution < -0.4 is 5.56 Å². The molecule has 0 spiro atoms. The Hall–Kier alpha value is -1.16. The predicted molar refractivity (Wildman–Crippen MR) is 77.7 cm³/mol. The normalized spacial score (nSPS) is 31.0. The summed E-state index contributed by atoms with van der Waals surface area (Å²) in [5.74, 6) is 1.17. The van der Waals surface area contributed by atoms with Gasteiger partial charge in [0.15, 0.2) is 0 Å². The van der Waals surface area contributed by atoms with Crippen LogP contribution in [0.25, 0.3) is 0 Å². The lowest BCUT2D eigenvalue weighted by atomic mass is 9.79. The molecule has 0 bridgehead atoms. The Morgan fingerprint density at radius 2 is 2.05 bits per heavy atom. The van der Waals surface area contributed by atoms with E-state index in [1.54, 1.807) is 17.0 Å². The smallest absolute Gasteiger partial charge is 0.253 e. The minimum absolute atomic E-state index is 0.0195. The third-order valence-electron chi connectivity index (χ3n) is 5.09. The monoisotopic (exact) mass is 276 g/mol. The second kappa shape index (κ2) is 5.32. The van der Waals surface area contributed by atoms with E-state index in [1.165, 1.54) is 6.42 Å². The fourth-order valence-electron chi connectivity index (χ4n) is 3.26. The molecule has 0 aromatic carbocycles. The van der Waals surface area contributed by atoms with Gasteiger partial charge in [0.05, 0.1) is 24.2 Å². The summed E-state index contributed by atoms with van der Waals surface area (Å²) in [5.41, 5.74) is 0.187. The van der Waals surface area contributed by atoms with Crippen molar-refractivity contribution in [2.75, 3.05) is 0 Å². The third-order valence-corrected chi connectivity index (χ3v) is 5.09. The van der Waals surface area contributed by atoms with Crippen LogP contribution in [0.15, 0.2) is 17.2 Å². The molecule has 110 valence electrons. The van der Waals surface area contributed by atoms with Gasteiger partial charge >= 0.3 is 0 Å². The summed E-state index contributed by atoms with van der Waals surface area (Å²) in [4.78, 5) is 16.6. The summed E-state index contributed by atoms with van der Waals surface area (Å²) in [5, 5.41) is 10.6. The molecule has 0 amide bonds. The van der Waals surface area contributed by atoms with Crippen LogP contribution in [0.4, 0.5) is 0 Å². The highest BCUT2D eigenvalue weighted by molar-refractivity contribution is 5.09. The van der Waals surface area contributed by atoms with Crippen molar-refractivity contribution in [3.8, 4) is 0 Å². The van der Waals surface area contributed by atoms with Crippen LogP contribution in [0.3, 0.4) is 0 Å². The van der Waals surface area contributed by atoms with Gasteiger partial charge in [-0.25, -0.2) is 4.98 Å². The molecule has 1 heterocycles. The fourth-order valence-corrected chi connectivity index (χ4v) is 3.26. The van der Waals surface area contributed by atoms with Crippen LogP contribution in [-0.4, -0.2) is 20.3 Å². The van der Waals surface area contributed by atoms with Gasteiger partial charge < -0.3 is 5.11 Å². The first-order valence-corrected chi connectivity index (χ1v) is 7.84. The molecule has 2 aliphatic rings. The maximum absolute atomic E-state index is 12.2. The highest BCUT2D eigenvalue weighted by Gasteiger charge is 2.32. The average molecular weight is 276 g/mol. The molecular weight excluding hydrogens is 252 g/mol. The van der Waals surface area contributed by atoms with E-state index in [-0.39, 0.29) is 5.56 Å². The summed E-state index contributed by atoms with van der Waals surface area (Å²) in [7, 11) is 0. The highest BCUT2D eigenvalue weighted by Crippen LogP contribution is 2.35. The first-order chi connectivity index (χ1) is 9.56. The van der Waals surface area contributed by atoms with Gasteiger partial charge in [-0.2, -0.15) is 0 Å². The molecule has 4 nitrogen and oxygen atoms in total. The van der Waals surface area contributed by atoms with Crippen molar-refractivity contribution >= 4 is 0 Å². The van der Waals surface area contributed by atoms with Crippen molar-refractivity contribution < 1.29 is 5.11 Å². The lowest BCUT2D eigenvalue weighted by Gasteiger charge is -2.35. The maximum atomic E-state index is 12.2. The molecule has 1 aromatic rings. The number of nitrogens with zero attached hydrogens (tertiary/aromatic N) is 2. The van der Waals surface area contributed by atoms with Crippen molar-refractivity contribution in [2.45, 2.75) is 69.9 Å².